The molecule has 2 rings (SSSR count). The Bertz CT molecular complexity index is 533. The van der Waals surface area contributed by atoms with Gasteiger partial charge in [-0.2, -0.15) is 0 Å². The number of aromatic amines is 1. The van der Waals surface area contributed by atoms with Gasteiger partial charge in [-0.15, -0.1) is 0 Å². The lowest BCUT2D eigenvalue weighted by Gasteiger charge is -2.02. The van der Waals surface area contributed by atoms with Gasteiger partial charge in [-0.25, -0.2) is 0 Å². The minimum atomic E-state index is -1.04. The van der Waals surface area contributed by atoms with Gasteiger partial charge >= 0.3 is 5.97 Å². The molecule has 0 aliphatic carbocycles. The van der Waals surface area contributed by atoms with Crippen LogP contribution in [0.2, 0.25) is 0 Å². The molecule has 0 radical (unpaired) electrons. The molecule has 0 spiro atoms. The van der Waals surface area contributed by atoms with Crippen LogP contribution in [0.3, 0.4) is 0 Å². The van der Waals surface area contributed by atoms with Gasteiger partial charge in [-0.3, -0.25) is 4.79 Å². The minimum absolute atomic E-state index is 0.170. The van der Waals surface area contributed by atoms with Crippen LogP contribution in [0.25, 0.3) is 10.9 Å². The van der Waals surface area contributed by atoms with Crippen molar-refractivity contribution in [2.45, 2.75) is 12.5 Å². The third kappa shape index (κ3) is 1.85. The molecule has 16 heavy (non-hydrogen) atoms. The van der Waals surface area contributed by atoms with Gasteiger partial charge < -0.3 is 20.9 Å². The van der Waals surface area contributed by atoms with Crippen molar-refractivity contribution in [3.8, 4) is 5.75 Å². The number of phenols is 1. The van der Waals surface area contributed by atoms with Crippen LogP contribution in [-0.4, -0.2) is 27.2 Å². The monoisotopic (exact) mass is 220 g/mol. The second-order valence-electron chi connectivity index (χ2n) is 3.68. The first-order chi connectivity index (χ1) is 7.58. The van der Waals surface area contributed by atoms with Crippen molar-refractivity contribution >= 4 is 16.9 Å². The minimum Gasteiger partial charge on any atom is -0.507 e. The van der Waals surface area contributed by atoms with E-state index in [0.29, 0.717) is 11.1 Å². The maximum atomic E-state index is 10.6. The number of carbonyl (C=O) groups is 1. The molecule has 0 amide bonds. The zero-order chi connectivity index (χ0) is 11.7. The fraction of sp³-hybridized carbons (Fsp3) is 0.182. The third-order valence-corrected chi connectivity index (χ3v) is 2.45. The highest BCUT2D eigenvalue weighted by molar-refractivity contribution is 5.86. The lowest BCUT2D eigenvalue weighted by Crippen LogP contribution is -2.32. The van der Waals surface area contributed by atoms with Crippen molar-refractivity contribution in [2.24, 2.45) is 5.73 Å². The number of carboxylic acids is 1. The number of nitrogens with two attached hydrogens (primary N) is 1. The zero-order valence-electron chi connectivity index (χ0n) is 8.47. The van der Waals surface area contributed by atoms with Crippen LogP contribution >= 0.6 is 0 Å². The van der Waals surface area contributed by atoms with Gasteiger partial charge in [0.25, 0.3) is 0 Å². The molecule has 1 atom stereocenters. The summed E-state index contributed by atoms with van der Waals surface area (Å²) in [6.45, 7) is 0. The van der Waals surface area contributed by atoms with Crippen LogP contribution in [-0.2, 0) is 11.2 Å². The topological polar surface area (TPSA) is 99.3 Å². The van der Waals surface area contributed by atoms with Crippen molar-refractivity contribution in [3.63, 3.8) is 0 Å². The van der Waals surface area contributed by atoms with Crippen molar-refractivity contribution in [1.82, 2.24) is 4.98 Å². The van der Waals surface area contributed by atoms with E-state index < -0.39 is 12.0 Å². The molecule has 0 bridgehead atoms. The van der Waals surface area contributed by atoms with E-state index in [1.807, 2.05) is 6.07 Å². The Hall–Kier alpha value is -2.01. The number of benzene rings is 1. The maximum Gasteiger partial charge on any atom is 0.320 e. The molecule has 84 valence electrons. The van der Waals surface area contributed by atoms with Gasteiger partial charge in [-0.05, 0) is 18.2 Å². The van der Waals surface area contributed by atoms with Gasteiger partial charge in [-0.1, -0.05) is 6.07 Å². The molecule has 5 nitrogen and oxygen atoms in total. The van der Waals surface area contributed by atoms with Crippen LogP contribution in [0.15, 0.2) is 24.3 Å². The first kappa shape index (κ1) is 10.5. The van der Waals surface area contributed by atoms with Crippen molar-refractivity contribution in [2.75, 3.05) is 0 Å². The quantitative estimate of drug-likeness (QED) is 0.615. The fourth-order valence-corrected chi connectivity index (χ4v) is 1.63. The van der Waals surface area contributed by atoms with Gasteiger partial charge in [0.15, 0.2) is 0 Å². The average Bonchev–Trinajstić information content (AvgIpc) is 2.61. The number of aromatic nitrogens is 1. The first-order valence-electron chi connectivity index (χ1n) is 4.86. The third-order valence-electron chi connectivity index (χ3n) is 2.45. The molecule has 5 heteroatoms. The second-order valence-corrected chi connectivity index (χ2v) is 3.68. The SMILES string of the molecule is NC(Cc1cc2c(O)cccc2[nH]1)C(=O)O. The number of aromatic hydroxyl groups is 1. The highest BCUT2D eigenvalue weighted by atomic mass is 16.4. The van der Waals surface area contributed by atoms with Crippen molar-refractivity contribution < 1.29 is 15.0 Å². The molecule has 0 aliphatic rings. The number of hydrogen-bond donors (Lipinski definition) is 4. The average molecular weight is 220 g/mol. The number of hydrogen-bond acceptors (Lipinski definition) is 3. The molecule has 1 unspecified atom stereocenters. The number of aliphatic carboxylic acids is 1. The van der Waals surface area contributed by atoms with Crippen LogP contribution in [0.1, 0.15) is 5.69 Å². The van der Waals surface area contributed by atoms with Gasteiger partial charge in [0, 0.05) is 23.0 Å². The second kappa shape index (κ2) is 3.86. The van der Waals surface area contributed by atoms with Gasteiger partial charge in [0.2, 0.25) is 0 Å². The molecule has 5 N–H and O–H groups in total. The summed E-state index contributed by atoms with van der Waals surface area (Å²) in [5.41, 5.74) is 6.90. The summed E-state index contributed by atoms with van der Waals surface area (Å²) in [6.07, 6.45) is 0.212. The molecule has 0 aliphatic heterocycles. The van der Waals surface area contributed by atoms with Gasteiger partial charge in [0.05, 0.1) is 0 Å². The lowest BCUT2D eigenvalue weighted by molar-refractivity contribution is -0.138. The Morgan fingerprint density at radius 1 is 1.50 bits per heavy atom. The molecule has 0 saturated heterocycles. The van der Waals surface area contributed by atoms with E-state index >= 15 is 0 Å². The highest BCUT2D eigenvalue weighted by Crippen LogP contribution is 2.25. The molecule has 0 saturated carbocycles. The lowest BCUT2D eigenvalue weighted by atomic mass is 10.1. The van der Waals surface area contributed by atoms with E-state index in [2.05, 4.69) is 4.98 Å². The molecule has 0 fully saturated rings. The van der Waals surface area contributed by atoms with Crippen LogP contribution in [0.5, 0.6) is 5.75 Å². The summed E-state index contributed by atoms with van der Waals surface area (Å²) in [7, 11) is 0. The summed E-state index contributed by atoms with van der Waals surface area (Å²) in [4.78, 5) is 13.6. The first-order valence-corrected chi connectivity index (χ1v) is 4.86. The molecule has 2 aromatic rings. The summed E-state index contributed by atoms with van der Waals surface area (Å²) in [5.74, 6) is -0.869. The summed E-state index contributed by atoms with van der Waals surface area (Å²) in [5, 5.41) is 18.9. The van der Waals surface area contributed by atoms with Crippen LogP contribution in [0.4, 0.5) is 0 Å². The van der Waals surface area contributed by atoms with E-state index in [1.54, 1.807) is 18.2 Å². The molecule has 1 heterocycles. The summed E-state index contributed by atoms with van der Waals surface area (Å²) < 4.78 is 0. The Kier molecular flexibility index (Phi) is 2.54. The fourth-order valence-electron chi connectivity index (χ4n) is 1.63. The number of nitrogens with one attached hydrogen (secondary N) is 1. The molecular weight excluding hydrogens is 208 g/mol. The number of fused-ring (bicyclic) bond motifs is 1. The molecule has 1 aromatic heterocycles. The van der Waals surface area contributed by atoms with Crippen molar-refractivity contribution in [3.05, 3.63) is 30.0 Å². The summed E-state index contributed by atoms with van der Waals surface area (Å²) >= 11 is 0. The maximum absolute atomic E-state index is 10.6. The largest absolute Gasteiger partial charge is 0.507 e. The Morgan fingerprint density at radius 2 is 2.25 bits per heavy atom. The Labute approximate surface area is 91.5 Å². The molecule has 1 aromatic carbocycles. The molecular formula is C11H12N2O3. The van der Waals surface area contributed by atoms with E-state index in [4.69, 9.17) is 10.8 Å². The van der Waals surface area contributed by atoms with E-state index in [0.717, 1.165) is 5.52 Å². The zero-order valence-corrected chi connectivity index (χ0v) is 8.47. The predicted molar refractivity (Wildman–Crippen MR) is 59.3 cm³/mol. The number of phenolic OH excluding ortho intramolecular Hbond substituents is 1. The van der Waals surface area contributed by atoms with Gasteiger partial charge in [0.1, 0.15) is 11.8 Å². The number of H-pyrrole nitrogens is 1. The number of carboxylic acid groups (broad SMARTS) is 1. The summed E-state index contributed by atoms with van der Waals surface area (Å²) in [6, 6.07) is 5.89. The van der Waals surface area contributed by atoms with Crippen molar-refractivity contribution in [1.29, 1.82) is 0 Å². The smallest absolute Gasteiger partial charge is 0.320 e. The van der Waals surface area contributed by atoms with E-state index in [1.165, 1.54) is 0 Å². The Balaban J connectivity index is 2.33. The van der Waals surface area contributed by atoms with E-state index in [9.17, 15) is 9.90 Å². The normalized spacial score (nSPS) is 12.8. The van der Waals surface area contributed by atoms with Crippen LogP contribution < -0.4 is 5.73 Å². The standard InChI is InChI=1S/C11H12N2O3/c12-8(11(15)16)5-6-4-7-9(13-6)2-1-3-10(7)14/h1-4,8,13-14H,5,12H2,(H,15,16). The van der Waals surface area contributed by atoms with E-state index in [-0.39, 0.29) is 12.2 Å². The number of rotatable bonds is 3. The van der Waals surface area contributed by atoms with Crippen LogP contribution in [0, 0.1) is 0 Å². The predicted octanol–water partition coefficient (Wildman–Crippen LogP) is 0.828. The Morgan fingerprint density at radius 3 is 2.88 bits per heavy atom. The highest BCUT2D eigenvalue weighted by Gasteiger charge is 2.14.